The first-order valence-electron chi connectivity index (χ1n) is 9.09. The van der Waals surface area contributed by atoms with Gasteiger partial charge in [0.05, 0.1) is 25.3 Å². The summed E-state index contributed by atoms with van der Waals surface area (Å²) in [6.45, 7) is 0.398. The second-order valence-electron chi connectivity index (χ2n) is 6.40. The first kappa shape index (κ1) is 18.5. The number of aromatic nitrogens is 3. The van der Waals surface area contributed by atoms with Gasteiger partial charge in [0.1, 0.15) is 11.5 Å². The van der Waals surface area contributed by atoms with Gasteiger partial charge in [-0.2, -0.15) is 0 Å². The zero-order chi connectivity index (χ0) is 20.2. The zero-order valence-corrected chi connectivity index (χ0v) is 16.1. The van der Waals surface area contributed by atoms with Crippen LogP contribution in [0.5, 0.6) is 11.5 Å². The smallest absolute Gasteiger partial charge is 0.253 e. The van der Waals surface area contributed by atoms with Gasteiger partial charge in [-0.1, -0.05) is 24.3 Å². The van der Waals surface area contributed by atoms with Crippen LogP contribution in [0.4, 0.5) is 0 Å². The molecule has 0 fully saturated rings. The average Bonchev–Trinajstić information content (AvgIpc) is 3.20. The molecule has 2 aromatic carbocycles. The molecule has 0 bridgehead atoms. The fraction of sp³-hybridized carbons (Fsp3) is 0.136. The number of fused-ring (bicyclic) bond motifs is 1. The van der Waals surface area contributed by atoms with Crippen LogP contribution in [0.15, 0.2) is 66.9 Å². The largest absolute Gasteiger partial charge is 0.497 e. The molecule has 4 rings (SSSR count). The number of carbonyl (C=O) groups excluding carboxylic acids is 1. The number of pyridine rings is 1. The molecule has 0 radical (unpaired) electrons. The Hall–Kier alpha value is -3.87. The van der Waals surface area contributed by atoms with Crippen LogP contribution in [0, 0.1) is 0 Å². The van der Waals surface area contributed by atoms with Crippen molar-refractivity contribution in [3.05, 3.63) is 78.0 Å². The van der Waals surface area contributed by atoms with E-state index < -0.39 is 0 Å². The number of amides is 1. The number of ether oxygens (including phenoxy) is 2. The molecule has 0 saturated carbocycles. The Bertz CT molecular complexity index is 1170. The van der Waals surface area contributed by atoms with Crippen molar-refractivity contribution < 1.29 is 14.3 Å². The lowest BCUT2D eigenvalue weighted by Crippen LogP contribution is -2.23. The molecule has 0 aliphatic carbocycles. The molecular formula is C22H20N4O3. The van der Waals surface area contributed by atoms with Crippen LogP contribution in [0.2, 0.25) is 0 Å². The Balaban J connectivity index is 1.60. The highest BCUT2D eigenvalue weighted by Gasteiger charge is 2.14. The van der Waals surface area contributed by atoms with Crippen LogP contribution < -0.4 is 14.8 Å². The van der Waals surface area contributed by atoms with Crippen LogP contribution in [-0.2, 0) is 6.54 Å². The van der Waals surface area contributed by atoms with Crippen molar-refractivity contribution in [1.82, 2.24) is 19.9 Å². The van der Waals surface area contributed by atoms with Gasteiger partial charge in [-0.15, -0.1) is 10.2 Å². The minimum atomic E-state index is -0.186. The van der Waals surface area contributed by atoms with Crippen LogP contribution in [-0.4, -0.2) is 34.7 Å². The molecule has 1 amide bonds. The molecule has 4 aromatic rings. The van der Waals surface area contributed by atoms with E-state index in [1.165, 1.54) is 0 Å². The fourth-order valence-corrected chi connectivity index (χ4v) is 3.10. The van der Waals surface area contributed by atoms with Crippen LogP contribution in [0.3, 0.4) is 0 Å². The Morgan fingerprint density at radius 3 is 2.69 bits per heavy atom. The number of rotatable bonds is 6. The van der Waals surface area contributed by atoms with E-state index in [2.05, 4.69) is 15.5 Å². The van der Waals surface area contributed by atoms with Crippen molar-refractivity contribution in [2.75, 3.05) is 14.2 Å². The summed E-state index contributed by atoms with van der Waals surface area (Å²) >= 11 is 0. The van der Waals surface area contributed by atoms with Gasteiger partial charge in [-0.05, 0) is 42.0 Å². The van der Waals surface area contributed by atoms with Crippen LogP contribution >= 0.6 is 0 Å². The lowest BCUT2D eigenvalue weighted by Gasteiger charge is -2.09. The maximum atomic E-state index is 12.7. The van der Waals surface area contributed by atoms with Gasteiger partial charge in [0.15, 0.2) is 11.5 Å². The van der Waals surface area contributed by atoms with E-state index >= 15 is 0 Å². The lowest BCUT2D eigenvalue weighted by atomic mass is 10.2. The molecule has 0 aliphatic rings. The molecule has 146 valence electrons. The van der Waals surface area contributed by atoms with E-state index in [4.69, 9.17) is 9.47 Å². The molecule has 7 nitrogen and oxygen atoms in total. The summed E-state index contributed by atoms with van der Waals surface area (Å²) in [5.74, 6) is 1.87. The molecule has 2 heterocycles. The fourth-order valence-electron chi connectivity index (χ4n) is 3.10. The van der Waals surface area contributed by atoms with E-state index in [0.717, 1.165) is 16.9 Å². The van der Waals surface area contributed by atoms with Crippen LogP contribution in [0.1, 0.15) is 15.9 Å². The van der Waals surface area contributed by atoms with E-state index in [0.29, 0.717) is 29.3 Å². The summed E-state index contributed by atoms with van der Waals surface area (Å²) in [7, 11) is 3.23. The van der Waals surface area contributed by atoms with Crippen molar-refractivity contribution in [2.45, 2.75) is 6.54 Å². The summed E-state index contributed by atoms with van der Waals surface area (Å²) < 4.78 is 12.4. The normalized spacial score (nSPS) is 10.7. The van der Waals surface area contributed by atoms with Gasteiger partial charge in [0.25, 0.3) is 5.91 Å². The molecule has 1 N–H and O–H groups in total. The number of carbonyl (C=O) groups is 1. The third-order valence-electron chi connectivity index (χ3n) is 4.60. The van der Waals surface area contributed by atoms with E-state index in [1.54, 1.807) is 36.9 Å². The summed E-state index contributed by atoms with van der Waals surface area (Å²) in [6.07, 6.45) is 1.73. The van der Waals surface area contributed by atoms with Crippen molar-refractivity contribution in [3.63, 3.8) is 0 Å². The highest BCUT2D eigenvalue weighted by molar-refractivity contribution is 5.94. The van der Waals surface area contributed by atoms with Gasteiger partial charge in [-0.3, -0.25) is 9.20 Å². The minimum Gasteiger partial charge on any atom is -0.497 e. The molecular weight excluding hydrogens is 368 g/mol. The highest BCUT2D eigenvalue weighted by atomic mass is 16.5. The van der Waals surface area contributed by atoms with E-state index in [-0.39, 0.29) is 5.91 Å². The van der Waals surface area contributed by atoms with Gasteiger partial charge in [-0.25, -0.2) is 0 Å². The Morgan fingerprint density at radius 2 is 1.86 bits per heavy atom. The Labute approximate surface area is 167 Å². The van der Waals surface area contributed by atoms with Crippen molar-refractivity contribution >= 4 is 11.6 Å². The maximum absolute atomic E-state index is 12.7. The van der Waals surface area contributed by atoms with Crippen LogP contribution in [0.25, 0.3) is 17.0 Å². The predicted octanol–water partition coefficient (Wildman–Crippen LogP) is 3.34. The summed E-state index contributed by atoms with van der Waals surface area (Å²) in [4.78, 5) is 12.7. The van der Waals surface area contributed by atoms with Crippen molar-refractivity contribution in [2.24, 2.45) is 0 Å². The first-order valence-corrected chi connectivity index (χ1v) is 9.09. The number of methoxy groups -OCH3 is 2. The second-order valence-corrected chi connectivity index (χ2v) is 6.40. The number of para-hydroxylation sites is 1. The lowest BCUT2D eigenvalue weighted by molar-refractivity contribution is 0.0950. The second kappa shape index (κ2) is 8.02. The molecule has 0 spiro atoms. The van der Waals surface area contributed by atoms with Crippen molar-refractivity contribution in [1.29, 1.82) is 0 Å². The van der Waals surface area contributed by atoms with Gasteiger partial charge < -0.3 is 14.8 Å². The molecule has 0 saturated heterocycles. The van der Waals surface area contributed by atoms with Gasteiger partial charge >= 0.3 is 0 Å². The third kappa shape index (κ3) is 3.75. The predicted molar refractivity (Wildman–Crippen MR) is 109 cm³/mol. The van der Waals surface area contributed by atoms with Crippen molar-refractivity contribution in [3.8, 4) is 22.9 Å². The quantitative estimate of drug-likeness (QED) is 0.548. The number of benzene rings is 2. The molecule has 0 atom stereocenters. The summed E-state index contributed by atoms with van der Waals surface area (Å²) in [5.41, 5.74) is 2.92. The maximum Gasteiger partial charge on any atom is 0.253 e. The molecule has 2 aromatic heterocycles. The zero-order valence-electron chi connectivity index (χ0n) is 16.1. The topological polar surface area (TPSA) is 77.8 Å². The third-order valence-corrected chi connectivity index (χ3v) is 4.60. The Morgan fingerprint density at radius 1 is 1.00 bits per heavy atom. The Kier molecular flexibility index (Phi) is 5.11. The number of hydrogen-bond donors (Lipinski definition) is 1. The van der Waals surface area contributed by atoms with Gasteiger partial charge in [0, 0.05) is 12.7 Å². The van der Waals surface area contributed by atoms with E-state index in [1.807, 2.05) is 48.5 Å². The summed E-state index contributed by atoms with van der Waals surface area (Å²) in [6, 6.07) is 18.7. The van der Waals surface area contributed by atoms with E-state index in [9.17, 15) is 4.79 Å². The average molecular weight is 388 g/mol. The number of hydrogen-bond acceptors (Lipinski definition) is 5. The molecule has 7 heteroatoms. The monoisotopic (exact) mass is 388 g/mol. The molecule has 29 heavy (non-hydrogen) atoms. The standard InChI is InChI=1S/C22H20N4O3/c1-28-17-7-5-6-15(12-17)13-23-22(27)16-10-11-20-24-25-21(26(20)14-16)18-8-3-4-9-19(18)29-2/h3-12,14H,13H2,1-2H3,(H,23,27). The summed E-state index contributed by atoms with van der Waals surface area (Å²) in [5, 5.41) is 11.4. The highest BCUT2D eigenvalue weighted by Crippen LogP contribution is 2.28. The number of nitrogens with zero attached hydrogens (tertiary/aromatic N) is 3. The SMILES string of the molecule is COc1cccc(CNC(=O)c2ccc3nnc(-c4ccccc4OC)n3c2)c1. The molecule has 0 unspecified atom stereocenters. The van der Waals surface area contributed by atoms with Gasteiger partial charge in [0.2, 0.25) is 0 Å². The minimum absolute atomic E-state index is 0.186. The molecule has 0 aliphatic heterocycles. The first-order chi connectivity index (χ1) is 14.2. The number of nitrogens with one attached hydrogen (secondary N) is 1.